The molecule has 0 aliphatic carbocycles. The van der Waals surface area contributed by atoms with Crippen LogP contribution in [0.2, 0.25) is 0 Å². The molecule has 1 aliphatic rings. The number of piperidine rings is 1. The zero-order valence-corrected chi connectivity index (χ0v) is 16.1. The van der Waals surface area contributed by atoms with Crippen LogP contribution < -0.4 is 5.32 Å². The van der Waals surface area contributed by atoms with Crippen LogP contribution in [0.3, 0.4) is 0 Å². The third-order valence-electron chi connectivity index (χ3n) is 4.69. The van der Waals surface area contributed by atoms with Gasteiger partial charge in [-0.3, -0.25) is 14.4 Å². The number of halogens is 1. The van der Waals surface area contributed by atoms with Crippen molar-refractivity contribution in [2.45, 2.75) is 51.5 Å². The number of carbonyl (C=O) groups excluding carboxylic acids is 3. The van der Waals surface area contributed by atoms with Gasteiger partial charge in [0.15, 0.2) is 5.78 Å². The number of ketones is 1. The van der Waals surface area contributed by atoms with Crippen molar-refractivity contribution < 1.29 is 14.4 Å². The number of Topliss-reactive ketones (excluding diaryl/α,β-unsaturated/α-hetero) is 1. The van der Waals surface area contributed by atoms with Crippen LogP contribution in [0, 0.1) is 6.92 Å². The van der Waals surface area contributed by atoms with Gasteiger partial charge in [-0.1, -0.05) is 29.8 Å². The van der Waals surface area contributed by atoms with Crippen molar-refractivity contribution in [1.82, 2.24) is 10.2 Å². The number of rotatable bonds is 8. The Bertz CT molecular complexity index is 622. The van der Waals surface area contributed by atoms with Crippen LogP contribution in [-0.2, 0) is 9.59 Å². The Balaban J connectivity index is 1.70. The Labute approximate surface area is 160 Å². The van der Waals surface area contributed by atoms with Gasteiger partial charge < -0.3 is 10.2 Å². The van der Waals surface area contributed by atoms with Crippen molar-refractivity contribution in [2.24, 2.45) is 0 Å². The van der Waals surface area contributed by atoms with Crippen LogP contribution in [0.1, 0.15) is 54.4 Å². The van der Waals surface area contributed by atoms with E-state index in [2.05, 4.69) is 5.32 Å². The molecule has 1 aromatic carbocycles. The van der Waals surface area contributed by atoms with Gasteiger partial charge in [0.05, 0.1) is 0 Å². The molecule has 142 valence electrons. The van der Waals surface area contributed by atoms with Gasteiger partial charge in [0.1, 0.15) is 0 Å². The maximum atomic E-state index is 12.3. The predicted octanol–water partition coefficient (Wildman–Crippen LogP) is 3.08. The zero-order chi connectivity index (χ0) is 18.9. The Kier molecular flexibility index (Phi) is 8.10. The third kappa shape index (κ3) is 6.45. The van der Waals surface area contributed by atoms with Gasteiger partial charge in [-0.2, -0.15) is 0 Å². The number of benzene rings is 1. The lowest BCUT2D eigenvalue weighted by Crippen LogP contribution is -2.46. The minimum Gasteiger partial charge on any atom is -0.353 e. The standard InChI is InChI=1S/C20H27ClN2O3/c1-15-4-6-16(7-5-15)18(24)8-9-20(26)23-13-10-17(11-14-23)22-19(25)3-2-12-21/h4-7,17H,2-3,8-14H2,1H3,(H,22,25). The van der Waals surface area contributed by atoms with E-state index >= 15 is 0 Å². The summed E-state index contributed by atoms with van der Waals surface area (Å²) in [5, 5.41) is 3.00. The van der Waals surface area contributed by atoms with Crippen LogP contribution in [-0.4, -0.2) is 47.5 Å². The van der Waals surface area contributed by atoms with Crippen LogP contribution in [0.15, 0.2) is 24.3 Å². The zero-order valence-electron chi connectivity index (χ0n) is 15.3. The molecule has 0 saturated carbocycles. The molecule has 0 unspecified atom stereocenters. The number of nitrogens with one attached hydrogen (secondary N) is 1. The summed E-state index contributed by atoms with van der Waals surface area (Å²) in [6, 6.07) is 7.54. The topological polar surface area (TPSA) is 66.5 Å². The van der Waals surface area contributed by atoms with E-state index in [-0.39, 0.29) is 36.5 Å². The van der Waals surface area contributed by atoms with Gasteiger partial charge in [-0.15, -0.1) is 11.6 Å². The van der Waals surface area contributed by atoms with Gasteiger partial charge in [0.2, 0.25) is 11.8 Å². The highest BCUT2D eigenvalue weighted by Gasteiger charge is 2.24. The van der Waals surface area contributed by atoms with Gasteiger partial charge in [0.25, 0.3) is 0 Å². The van der Waals surface area contributed by atoms with Crippen molar-refractivity contribution in [3.63, 3.8) is 0 Å². The minimum atomic E-state index is -0.000194. The lowest BCUT2D eigenvalue weighted by molar-refractivity contribution is -0.132. The highest BCUT2D eigenvalue weighted by atomic mass is 35.5. The van der Waals surface area contributed by atoms with Gasteiger partial charge in [-0.05, 0) is 26.2 Å². The molecule has 0 radical (unpaired) electrons. The molecule has 1 heterocycles. The van der Waals surface area contributed by atoms with Crippen molar-refractivity contribution in [3.8, 4) is 0 Å². The quantitative estimate of drug-likeness (QED) is 0.558. The number of nitrogens with zero attached hydrogens (tertiary/aromatic N) is 1. The number of carbonyl (C=O) groups is 3. The fourth-order valence-electron chi connectivity index (χ4n) is 3.06. The van der Waals surface area contributed by atoms with Crippen molar-refractivity contribution in [1.29, 1.82) is 0 Å². The lowest BCUT2D eigenvalue weighted by Gasteiger charge is -2.32. The molecule has 0 spiro atoms. The smallest absolute Gasteiger partial charge is 0.223 e. The van der Waals surface area contributed by atoms with Crippen molar-refractivity contribution in [3.05, 3.63) is 35.4 Å². The first kappa shape index (κ1) is 20.4. The second kappa shape index (κ2) is 10.3. The molecule has 6 heteroatoms. The maximum Gasteiger partial charge on any atom is 0.223 e. The normalized spacial score (nSPS) is 14.9. The molecule has 1 fully saturated rings. The molecule has 0 atom stereocenters. The van der Waals surface area contributed by atoms with E-state index < -0.39 is 0 Å². The fourth-order valence-corrected chi connectivity index (χ4v) is 3.20. The molecule has 1 aliphatic heterocycles. The largest absolute Gasteiger partial charge is 0.353 e. The Morgan fingerprint density at radius 3 is 2.35 bits per heavy atom. The summed E-state index contributed by atoms with van der Waals surface area (Å²) in [4.78, 5) is 38.0. The highest BCUT2D eigenvalue weighted by molar-refractivity contribution is 6.17. The molecule has 2 amide bonds. The average molecular weight is 379 g/mol. The van der Waals surface area contributed by atoms with Crippen molar-refractivity contribution in [2.75, 3.05) is 19.0 Å². The summed E-state index contributed by atoms with van der Waals surface area (Å²) in [7, 11) is 0. The van der Waals surface area contributed by atoms with Crippen LogP contribution in [0.4, 0.5) is 0 Å². The predicted molar refractivity (Wildman–Crippen MR) is 102 cm³/mol. The summed E-state index contributed by atoms with van der Waals surface area (Å²) >= 11 is 5.59. The molecule has 1 aromatic rings. The average Bonchev–Trinajstić information content (AvgIpc) is 2.65. The minimum absolute atomic E-state index is 0.000194. The lowest BCUT2D eigenvalue weighted by atomic mass is 10.0. The summed E-state index contributed by atoms with van der Waals surface area (Å²) < 4.78 is 0. The van der Waals surface area contributed by atoms with Crippen LogP contribution >= 0.6 is 11.6 Å². The van der Waals surface area contributed by atoms with Gasteiger partial charge in [-0.25, -0.2) is 0 Å². The van der Waals surface area contributed by atoms with E-state index in [0.717, 1.165) is 18.4 Å². The Morgan fingerprint density at radius 2 is 1.73 bits per heavy atom. The molecule has 2 rings (SSSR count). The molecule has 1 N–H and O–H groups in total. The number of hydrogen-bond acceptors (Lipinski definition) is 3. The van der Waals surface area contributed by atoms with E-state index in [1.165, 1.54) is 0 Å². The number of likely N-dealkylation sites (tertiary alicyclic amines) is 1. The molecule has 1 saturated heterocycles. The number of amides is 2. The monoisotopic (exact) mass is 378 g/mol. The van der Waals surface area contributed by atoms with E-state index in [0.29, 0.717) is 37.4 Å². The molecular weight excluding hydrogens is 352 g/mol. The molecule has 0 bridgehead atoms. The van der Waals surface area contributed by atoms with E-state index in [1.807, 2.05) is 19.1 Å². The van der Waals surface area contributed by atoms with E-state index in [1.54, 1.807) is 17.0 Å². The number of alkyl halides is 1. The SMILES string of the molecule is Cc1ccc(C(=O)CCC(=O)N2CCC(NC(=O)CCCCl)CC2)cc1. The first-order chi connectivity index (χ1) is 12.5. The molecule has 0 aromatic heterocycles. The van der Waals surface area contributed by atoms with E-state index in [9.17, 15) is 14.4 Å². The number of aryl methyl sites for hydroxylation is 1. The summed E-state index contributed by atoms with van der Waals surface area (Å²) in [5.74, 6) is 0.526. The summed E-state index contributed by atoms with van der Waals surface area (Å²) in [6.07, 6.45) is 3.11. The third-order valence-corrected chi connectivity index (χ3v) is 4.96. The summed E-state index contributed by atoms with van der Waals surface area (Å²) in [5.41, 5.74) is 1.76. The molecule has 5 nitrogen and oxygen atoms in total. The number of hydrogen-bond donors (Lipinski definition) is 1. The van der Waals surface area contributed by atoms with E-state index in [4.69, 9.17) is 11.6 Å². The highest BCUT2D eigenvalue weighted by Crippen LogP contribution is 2.14. The fraction of sp³-hybridized carbons (Fsp3) is 0.550. The molecule has 26 heavy (non-hydrogen) atoms. The summed E-state index contributed by atoms with van der Waals surface area (Å²) in [6.45, 7) is 3.22. The van der Waals surface area contributed by atoms with Crippen LogP contribution in [0.25, 0.3) is 0 Å². The first-order valence-electron chi connectivity index (χ1n) is 9.22. The van der Waals surface area contributed by atoms with Gasteiger partial charge >= 0.3 is 0 Å². The second-order valence-corrected chi connectivity index (χ2v) is 7.18. The Hall–Kier alpha value is -1.88. The van der Waals surface area contributed by atoms with Crippen molar-refractivity contribution >= 4 is 29.2 Å². The maximum absolute atomic E-state index is 12.3. The first-order valence-corrected chi connectivity index (χ1v) is 9.76. The van der Waals surface area contributed by atoms with Crippen LogP contribution in [0.5, 0.6) is 0 Å². The molecular formula is C20H27ClN2O3. The Morgan fingerprint density at radius 1 is 1.08 bits per heavy atom. The second-order valence-electron chi connectivity index (χ2n) is 6.80. The van der Waals surface area contributed by atoms with Gasteiger partial charge in [0, 0.05) is 49.8 Å².